The van der Waals surface area contributed by atoms with Gasteiger partial charge in [0, 0.05) is 27.1 Å². The molecule has 7 rings (SSSR count). The van der Waals surface area contributed by atoms with Crippen molar-refractivity contribution >= 4 is 49.0 Å². The highest BCUT2D eigenvalue weighted by Crippen LogP contribution is 2.40. The quantitative estimate of drug-likeness (QED) is 0.156. The van der Waals surface area contributed by atoms with Gasteiger partial charge in [-0.2, -0.15) is 0 Å². The van der Waals surface area contributed by atoms with Crippen LogP contribution in [0.1, 0.15) is 0 Å². The highest BCUT2D eigenvalue weighted by atomic mass is 19.2. The van der Waals surface area contributed by atoms with Gasteiger partial charge >= 0.3 is 0 Å². The van der Waals surface area contributed by atoms with E-state index in [1.807, 2.05) is 42.5 Å². The van der Waals surface area contributed by atoms with Gasteiger partial charge in [-0.25, -0.2) is 27.5 Å². The maximum atomic E-state index is 14.8. The molecule has 33 heavy (non-hydrogen) atoms. The molecule has 0 bridgehead atoms. The Bertz CT molecular complexity index is 1920. The summed E-state index contributed by atoms with van der Waals surface area (Å²) in [5, 5.41) is 3.75. The fraction of sp³-hybridized carbons (Fsp3) is 0. The van der Waals surface area contributed by atoms with Crippen LogP contribution in [0, 0.1) is 23.3 Å². The third-order valence-electron chi connectivity index (χ3n) is 6.35. The van der Waals surface area contributed by atoms with Crippen LogP contribution >= 0.6 is 0 Å². The van der Waals surface area contributed by atoms with Crippen molar-refractivity contribution in [1.82, 2.24) is 14.4 Å². The van der Waals surface area contributed by atoms with Gasteiger partial charge in [-0.05, 0) is 12.1 Å². The Morgan fingerprint density at radius 2 is 1.30 bits per heavy atom. The molecular weight excluding hydrogens is 430 g/mol. The molecule has 3 aromatic heterocycles. The van der Waals surface area contributed by atoms with Crippen LogP contribution < -0.4 is 0 Å². The molecule has 0 aliphatic carbocycles. The zero-order valence-electron chi connectivity index (χ0n) is 16.7. The lowest BCUT2D eigenvalue weighted by Gasteiger charge is -2.09. The molecule has 4 aromatic carbocycles. The van der Waals surface area contributed by atoms with E-state index < -0.39 is 34.2 Å². The van der Waals surface area contributed by atoms with Crippen LogP contribution in [0.15, 0.2) is 67.0 Å². The number of nitrogens with zero attached hydrogens (tertiary/aromatic N) is 3. The SMILES string of the molecule is Fc1c(F)c(F)c2c(-c3ccc4c5cccc6c7ccccc7n(c4c3)c65)ncnc2c1F. The van der Waals surface area contributed by atoms with Crippen molar-refractivity contribution in [2.45, 2.75) is 0 Å². The van der Waals surface area contributed by atoms with Crippen molar-refractivity contribution in [3.63, 3.8) is 0 Å². The molecule has 0 saturated carbocycles. The lowest BCUT2D eigenvalue weighted by molar-refractivity contribution is 0.417. The molecule has 7 aromatic rings. The predicted octanol–water partition coefficient (Wildman–Crippen LogP) is 7.00. The molecule has 0 N–H and O–H groups in total. The van der Waals surface area contributed by atoms with E-state index in [1.54, 1.807) is 6.07 Å². The minimum Gasteiger partial charge on any atom is -0.308 e. The molecule has 158 valence electrons. The third-order valence-corrected chi connectivity index (χ3v) is 6.35. The maximum Gasteiger partial charge on any atom is 0.199 e. The minimum absolute atomic E-state index is 0.0123. The molecule has 0 fully saturated rings. The van der Waals surface area contributed by atoms with E-state index in [4.69, 9.17) is 0 Å². The topological polar surface area (TPSA) is 30.2 Å². The number of benzene rings is 4. The first-order chi connectivity index (χ1) is 16.1. The van der Waals surface area contributed by atoms with E-state index in [0.717, 1.165) is 44.4 Å². The van der Waals surface area contributed by atoms with Crippen LogP contribution in [-0.2, 0) is 0 Å². The van der Waals surface area contributed by atoms with E-state index in [2.05, 4.69) is 26.5 Å². The van der Waals surface area contributed by atoms with Crippen molar-refractivity contribution in [3.8, 4) is 11.3 Å². The summed E-state index contributed by atoms with van der Waals surface area (Å²) in [7, 11) is 0. The molecule has 0 saturated heterocycles. The normalized spacial score (nSPS) is 12.2. The first kappa shape index (κ1) is 18.3. The Labute approximate surface area is 182 Å². The Kier molecular flexibility index (Phi) is 3.42. The van der Waals surface area contributed by atoms with Crippen LogP contribution in [0.2, 0.25) is 0 Å². The Morgan fingerprint density at radius 1 is 0.606 bits per heavy atom. The summed E-state index contributed by atoms with van der Waals surface area (Å²) in [6.45, 7) is 0. The van der Waals surface area contributed by atoms with Gasteiger partial charge in [0.25, 0.3) is 0 Å². The summed E-state index contributed by atoms with van der Waals surface area (Å²) in [6.07, 6.45) is 1.02. The van der Waals surface area contributed by atoms with Gasteiger partial charge in [0.1, 0.15) is 11.8 Å². The Morgan fingerprint density at radius 3 is 2.12 bits per heavy atom. The van der Waals surface area contributed by atoms with Gasteiger partial charge in [-0.1, -0.05) is 48.5 Å². The summed E-state index contributed by atoms with van der Waals surface area (Å²) < 4.78 is 59.0. The zero-order chi connectivity index (χ0) is 22.4. The fourth-order valence-corrected chi connectivity index (χ4v) is 4.96. The number of para-hydroxylation sites is 2. The lowest BCUT2D eigenvalue weighted by atomic mass is 10.0. The molecule has 7 heteroatoms. The van der Waals surface area contributed by atoms with Crippen molar-refractivity contribution in [1.29, 1.82) is 0 Å². The molecule has 0 amide bonds. The molecular formula is C26H11F4N3. The van der Waals surface area contributed by atoms with Crippen LogP contribution in [0.4, 0.5) is 17.6 Å². The third kappa shape index (κ3) is 2.18. The first-order valence-corrected chi connectivity index (χ1v) is 10.2. The monoisotopic (exact) mass is 441 g/mol. The Balaban J connectivity index is 1.64. The van der Waals surface area contributed by atoms with E-state index in [-0.39, 0.29) is 5.69 Å². The fourth-order valence-electron chi connectivity index (χ4n) is 4.96. The average Bonchev–Trinajstić information content (AvgIpc) is 3.37. The van der Waals surface area contributed by atoms with Gasteiger partial charge in [-0.3, -0.25) is 0 Å². The zero-order valence-corrected chi connectivity index (χ0v) is 16.7. The average molecular weight is 441 g/mol. The van der Waals surface area contributed by atoms with Crippen LogP contribution in [-0.4, -0.2) is 14.4 Å². The summed E-state index contributed by atoms with van der Waals surface area (Å²) in [5.41, 5.74) is 2.73. The second-order valence-electron chi connectivity index (χ2n) is 7.99. The highest BCUT2D eigenvalue weighted by molar-refractivity contribution is 6.23. The number of hydrogen-bond donors (Lipinski definition) is 0. The minimum atomic E-state index is -1.89. The number of halogens is 4. The number of aromatic nitrogens is 3. The van der Waals surface area contributed by atoms with Crippen LogP contribution in [0.25, 0.3) is 60.3 Å². The van der Waals surface area contributed by atoms with Crippen molar-refractivity contribution in [2.75, 3.05) is 0 Å². The second kappa shape index (κ2) is 6.16. The first-order valence-electron chi connectivity index (χ1n) is 10.2. The smallest absolute Gasteiger partial charge is 0.199 e. The summed E-state index contributed by atoms with van der Waals surface area (Å²) in [5.74, 6) is -6.84. The van der Waals surface area contributed by atoms with Gasteiger partial charge < -0.3 is 4.40 Å². The molecule has 3 heterocycles. The van der Waals surface area contributed by atoms with Gasteiger partial charge in [0.15, 0.2) is 23.3 Å². The highest BCUT2D eigenvalue weighted by Gasteiger charge is 2.25. The number of rotatable bonds is 1. The summed E-state index contributed by atoms with van der Waals surface area (Å²) >= 11 is 0. The molecule has 0 atom stereocenters. The maximum absolute atomic E-state index is 14.8. The lowest BCUT2D eigenvalue weighted by Crippen LogP contribution is -2.02. The molecule has 0 spiro atoms. The van der Waals surface area contributed by atoms with Crippen molar-refractivity contribution in [2.24, 2.45) is 0 Å². The van der Waals surface area contributed by atoms with E-state index in [1.165, 1.54) is 0 Å². The van der Waals surface area contributed by atoms with Gasteiger partial charge in [-0.15, -0.1) is 0 Å². The largest absolute Gasteiger partial charge is 0.308 e. The van der Waals surface area contributed by atoms with Crippen molar-refractivity contribution in [3.05, 3.63) is 90.3 Å². The van der Waals surface area contributed by atoms with E-state index >= 15 is 0 Å². The van der Waals surface area contributed by atoms with Crippen LogP contribution in [0.3, 0.4) is 0 Å². The van der Waals surface area contributed by atoms with Gasteiger partial charge in [0.2, 0.25) is 0 Å². The predicted molar refractivity (Wildman–Crippen MR) is 119 cm³/mol. The molecule has 3 nitrogen and oxygen atoms in total. The van der Waals surface area contributed by atoms with Gasteiger partial charge in [0.05, 0.1) is 27.6 Å². The summed E-state index contributed by atoms with van der Waals surface area (Å²) in [4.78, 5) is 7.77. The van der Waals surface area contributed by atoms with Crippen LogP contribution in [0.5, 0.6) is 0 Å². The molecule has 0 radical (unpaired) electrons. The van der Waals surface area contributed by atoms with E-state index in [0.29, 0.717) is 5.56 Å². The molecule has 0 aliphatic heterocycles. The summed E-state index contributed by atoms with van der Waals surface area (Å²) in [6, 6.07) is 19.5. The number of hydrogen-bond acceptors (Lipinski definition) is 2. The standard InChI is InChI=1S/C26H11F4N3/c27-20-19-24(31-11-32-25(19)23(30)22(29)21(20)28)12-8-9-14-16-6-3-5-15-13-4-1-2-7-17(13)33(26(15)16)18(14)10-12/h1-11H. The second-order valence-corrected chi connectivity index (χ2v) is 7.99. The molecule has 0 aliphatic rings. The Hall–Kier alpha value is -4.26. The van der Waals surface area contributed by atoms with E-state index in [9.17, 15) is 17.6 Å². The number of fused-ring (bicyclic) bond motifs is 7. The molecule has 0 unspecified atom stereocenters. The van der Waals surface area contributed by atoms with Crippen molar-refractivity contribution < 1.29 is 17.6 Å².